The Morgan fingerprint density at radius 3 is 2.25 bits per heavy atom. The number of hydrogen-bond acceptors (Lipinski definition) is 2. The van der Waals surface area contributed by atoms with Gasteiger partial charge in [-0.1, -0.05) is 28.1 Å². The topological polar surface area (TPSA) is 23.6 Å². The molecular formula is C18H23BrF2N2O. The van der Waals surface area contributed by atoms with E-state index in [9.17, 15) is 13.6 Å². The third kappa shape index (κ3) is 4.54. The zero-order chi connectivity index (χ0) is 17.2. The van der Waals surface area contributed by atoms with Gasteiger partial charge in [0, 0.05) is 42.9 Å². The van der Waals surface area contributed by atoms with Gasteiger partial charge in [0.15, 0.2) is 0 Å². The molecule has 3 nitrogen and oxygen atoms in total. The van der Waals surface area contributed by atoms with Crippen LogP contribution in [0.4, 0.5) is 8.78 Å². The minimum atomic E-state index is -2.59. The summed E-state index contributed by atoms with van der Waals surface area (Å²) in [6.45, 7) is 3.06. The average Bonchev–Trinajstić information content (AvgIpc) is 2.57. The summed E-state index contributed by atoms with van der Waals surface area (Å²) >= 11 is 3.44. The minimum absolute atomic E-state index is 0.00195. The van der Waals surface area contributed by atoms with Crippen LogP contribution in [-0.2, 0) is 11.3 Å². The van der Waals surface area contributed by atoms with Crippen LogP contribution in [0.3, 0.4) is 0 Å². The fraction of sp³-hybridized carbons (Fsp3) is 0.611. The third-order valence-electron chi connectivity index (χ3n) is 5.06. The molecule has 2 saturated heterocycles. The summed E-state index contributed by atoms with van der Waals surface area (Å²) in [5, 5.41) is 0. The van der Waals surface area contributed by atoms with E-state index in [2.05, 4.69) is 33.0 Å². The molecule has 0 bridgehead atoms. The second-order valence-electron chi connectivity index (χ2n) is 6.86. The molecule has 3 rings (SSSR count). The molecule has 0 N–H and O–H groups in total. The molecule has 6 heteroatoms. The van der Waals surface area contributed by atoms with Crippen LogP contribution in [0.5, 0.6) is 0 Å². The molecule has 2 aliphatic heterocycles. The van der Waals surface area contributed by atoms with E-state index in [1.54, 1.807) is 4.90 Å². The number of amides is 1. The number of piperidine rings is 2. The Kier molecular flexibility index (Phi) is 5.55. The van der Waals surface area contributed by atoms with Crippen molar-refractivity contribution < 1.29 is 13.6 Å². The van der Waals surface area contributed by atoms with E-state index in [0.717, 1.165) is 36.9 Å². The highest BCUT2D eigenvalue weighted by Gasteiger charge is 2.37. The highest BCUT2D eigenvalue weighted by Crippen LogP contribution is 2.30. The molecule has 1 aromatic rings. The lowest BCUT2D eigenvalue weighted by atomic mass is 9.93. The van der Waals surface area contributed by atoms with Crippen LogP contribution in [0.25, 0.3) is 0 Å². The fourth-order valence-corrected chi connectivity index (χ4v) is 3.76. The van der Waals surface area contributed by atoms with E-state index in [-0.39, 0.29) is 37.8 Å². The second-order valence-corrected chi connectivity index (χ2v) is 7.77. The Morgan fingerprint density at radius 1 is 1.08 bits per heavy atom. The first-order valence-electron chi connectivity index (χ1n) is 8.56. The zero-order valence-corrected chi connectivity index (χ0v) is 15.3. The molecule has 2 fully saturated rings. The SMILES string of the molecule is O=C(C1CCN(Cc2ccc(Br)cc2)CC1)N1CCC(F)(F)CC1. The molecule has 2 aliphatic rings. The van der Waals surface area contributed by atoms with E-state index in [4.69, 9.17) is 0 Å². The van der Waals surface area contributed by atoms with E-state index >= 15 is 0 Å². The van der Waals surface area contributed by atoms with Crippen molar-refractivity contribution in [2.45, 2.75) is 38.2 Å². The van der Waals surface area contributed by atoms with Crippen molar-refractivity contribution in [2.75, 3.05) is 26.2 Å². The minimum Gasteiger partial charge on any atom is -0.342 e. The fourth-order valence-electron chi connectivity index (χ4n) is 3.50. The number of carbonyl (C=O) groups is 1. The molecule has 0 spiro atoms. The lowest BCUT2D eigenvalue weighted by molar-refractivity contribution is -0.143. The van der Waals surface area contributed by atoms with Crippen molar-refractivity contribution in [1.29, 1.82) is 0 Å². The van der Waals surface area contributed by atoms with Crippen LogP contribution >= 0.6 is 15.9 Å². The summed E-state index contributed by atoms with van der Waals surface area (Å²) in [4.78, 5) is 16.5. The summed E-state index contributed by atoms with van der Waals surface area (Å²) in [5.74, 6) is -2.52. The number of halogens is 3. The van der Waals surface area contributed by atoms with Crippen molar-refractivity contribution in [3.05, 3.63) is 34.3 Å². The van der Waals surface area contributed by atoms with E-state index in [0.29, 0.717) is 0 Å². The van der Waals surface area contributed by atoms with Crippen LogP contribution in [0.2, 0.25) is 0 Å². The predicted molar refractivity (Wildman–Crippen MR) is 92.9 cm³/mol. The largest absolute Gasteiger partial charge is 0.342 e. The van der Waals surface area contributed by atoms with Gasteiger partial charge in [-0.15, -0.1) is 0 Å². The van der Waals surface area contributed by atoms with Gasteiger partial charge in [-0.3, -0.25) is 9.69 Å². The molecule has 132 valence electrons. The number of rotatable bonds is 3. The average molecular weight is 401 g/mol. The normalized spacial score (nSPS) is 22.5. The second kappa shape index (κ2) is 7.48. The summed E-state index contributed by atoms with van der Waals surface area (Å²) < 4.78 is 27.5. The molecule has 2 heterocycles. The Morgan fingerprint density at radius 2 is 1.67 bits per heavy atom. The lowest BCUT2D eigenvalue weighted by Gasteiger charge is -2.37. The van der Waals surface area contributed by atoms with Crippen LogP contribution in [0.15, 0.2) is 28.7 Å². The van der Waals surface area contributed by atoms with Gasteiger partial charge in [-0.2, -0.15) is 0 Å². The molecule has 0 aromatic heterocycles. The maximum Gasteiger partial charge on any atom is 0.251 e. The summed E-state index contributed by atoms with van der Waals surface area (Å²) in [5.41, 5.74) is 1.27. The first-order valence-corrected chi connectivity index (χ1v) is 9.36. The summed E-state index contributed by atoms with van der Waals surface area (Å²) in [7, 11) is 0. The molecular weight excluding hydrogens is 378 g/mol. The molecule has 0 radical (unpaired) electrons. The molecule has 1 aromatic carbocycles. The Bertz CT molecular complexity index is 561. The van der Waals surface area contributed by atoms with Crippen molar-refractivity contribution in [3.63, 3.8) is 0 Å². The van der Waals surface area contributed by atoms with Crippen molar-refractivity contribution in [2.24, 2.45) is 5.92 Å². The van der Waals surface area contributed by atoms with Crippen molar-refractivity contribution in [3.8, 4) is 0 Å². The lowest BCUT2D eigenvalue weighted by Crippen LogP contribution is -2.47. The van der Waals surface area contributed by atoms with Crippen LogP contribution in [0, 0.1) is 5.92 Å². The highest BCUT2D eigenvalue weighted by atomic mass is 79.9. The van der Waals surface area contributed by atoms with Crippen LogP contribution < -0.4 is 0 Å². The smallest absolute Gasteiger partial charge is 0.251 e. The van der Waals surface area contributed by atoms with Crippen LogP contribution in [-0.4, -0.2) is 47.8 Å². The number of carbonyl (C=O) groups excluding carboxylic acids is 1. The van der Waals surface area contributed by atoms with Gasteiger partial charge in [0.05, 0.1) is 0 Å². The van der Waals surface area contributed by atoms with Crippen molar-refractivity contribution in [1.82, 2.24) is 9.80 Å². The first kappa shape index (κ1) is 17.8. The summed E-state index contributed by atoms with van der Waals surface area (Å²) in [6.07, 6.45) is 1.26. The Labute approximate surface area is 150 Å². The number of alkyl halides is 2. The molecule has 24 heavy (non-hydrogen) atoms. The van der Waals surface area contributed by atoms with Gasteiger partial charge in [0.2, 0.25) is 5.91 Å². The van der Waals surface area contributed by atoms with Gasteiger partial charge >= 0.3 is 0 Å². The number of likely N-dealkylation sites (tertiary alicyclic amines) is 2. The highest BCUT2D eigenvalue weighted by molar-refractivity contribution is 9.10. The molecule has 0 unspecified atom stereocenters. The van der Waals surface area contributed by atoms with Gasteiger partial charge < -0.3 is 4.90 Å². The maximum absolute atomic E-state index is 13.2. The van der Waals surface area contributed by atoms with Gasteiger partial charge in [-0.05, 0) is 43.6 Å². The van der Waals surface area contributed by atoms with Gasteiger partial charge in [-0.25, -0.2) is 8.78 Å². The molecule has 1 amide bonds. The maximum atomic E-state index is 13.2. The predicted octanol–water partition coefficient (Wildman–Crippen LogP) is 3.92. The summed E-state index contributed by atoms with van der Waals surface area (Å²) in [6, 6.07) is 8.29. The molecule has 0 atom stereocenters. The quantitative estimate of drug-likeness (QED) is 0.767. The number of benzene rings is 1. The van der Waals surface area contributed by atoms with E-state index in [1.807, 2.05) is 12.1 Å². The number of hydrogen-bond donors (Lipinski definition) is 0. The standard InChI is InChI=1S/C18H23BrF2N2O/c19-16-3-1-14(2-4-16)13-22-9-5-15(6-10-22)17(24)23-11-7-18(20,21)8-12-23/h1-4,15H,5-13H2. The van der Waals surface area contributed by atoms with Crippen molar-refractivity contribution >= 4 is 21.8 Å². The van der Waals surface area contributed by atoms with Gasteiger partial charge in [0.25, 0.3) is 5.92 Å². The first-order chi connectivity index (χ1) is 11.4. The van der Waals surface area contributed by atoms with E-state index in [1.165, 1.54) is 5.56 Å². The Balaban J connectivity index is 1.46. The van der Waals surface area contributed by atoms with E-state index < -0.39 is 5.92 Å². The van der Waals surface area contributed by atoms with Crippen LogP contribution in [0.1, 0.15) is 31.2 Å². The zero-order valence-electron chi connectivity index (χ0n) is 13.7. The molecule has 0 saturated carbocycles. The van der Waals surface area contributed by atoms with Gasteiger partial charge in [0.1, 0.15) is 0 Å². The monoisotopic (exact) mass is 400 g/mol. The third-order valence-corrected chi connectivity index (χ3v) is 5.59. The Hall–Kier alpha value is -1.01. The number of nitrogens with zero attached hydrogens (tertiary/aromatic N) is 2. The molecule has 0 aliphatic carbocycles.